The van der Waals surface area contributed by atoms with Crippen LogP contribution in [0.4, 0.5) is 4.79 Å². The zero-order valence-electron chi connectivity index (χ0n) is 11.9. The molecule has 2 N–H and O–H groups in total. The summed E-state index contributed by atoms with van der Waals surface area (Å²) in [5.74, 6) is -2.41. The average Bonchev–Trinajstić information content (AvgIpc) is 2.44. The number of carbonyl (C=O) groups is 3. The SMILES string of the molecule is O=C(O)CN(CC(=O)O)C(=O)N1CCN2CCCCC2C1. The van der Waals surface area contributed by atoms with Gasteiger partial charge in [0.1, 0.15) is 13.1 Å². The Bertz CT molecular complexity index is 412. The standard InChI is InChI=1S/C13H21N3O5/c17-11(18)8-16(9-12(19)20)13(21)15-6-5-14-4-2-1-3-10(14)7-15/h10H,1-9H2,(H,17,18)(H,19,20). The predicted molar refractivity (Wildman–Crippen MR) is 73.0 cm³/mol. The molecule has 2 aliphatic rings. The first-order valence-corrected chi connectivity index (χ1v) is 7.19. The average molecular weight is 299 g/mol. The summed E-state index contributed by atoms with van der Waals surface area (Å²) in [5, 5.41) is 17.6. The van der Waals surface area contributed by atoms with Crippen molar-refractivity contribution in [1.82, 2.24) is 14.7 Å². The third-order valence-corrected chi connectivity index (χ3v) is 4.03. The van der Waals surface area contributed by atoms with E-state index in [1.54, 1.807) is 4.90 Å². The molecule has 2 amide bonds. The maximum atomic E-state index is 12.4. The molecule has 118 valence electrons. The molecule has 0 spiro atoms. The summed E-state index contributed by atoms with van der Waals surface area (Å²) in [6.07, 6.45) is 3.34. The number of carboxylic acid groups (broad SMARTS) is 2. The normalized spacial score (nSPS) is 22.5. The van der Waals surface area contributed by atoms with E-state index in [-0.39, 0.29) is 0 Å². The Morgan fingerprint density at radius 2 is 1.67 bits per heavy atom. The van der Waals surface area contributed by atoms with Crippen molar-refractivity contribution < 1.29 is 24.6 Å². The number of hydrogen-bond donors (Lipinski definition) is 2. The van der Waals surface area contributed by atoms with Gasteiger partial charge in [-0.3, -0.25) is 14.5 Å². The fraction of sp³-hybridized carbons (Fsp3) is 0.769. The molecule has 0 radical (unpaired) electrons. The first-order chi connectivity index (χ1) is 9.97. The Balaban J connectivity index is 1.99. The first-order valence-electron chi connectivity index (χ1n) is 7.19. The van der Waals surface area contributed by atoms with Gasteiger partial charge in [0.2, 0.25) is 0 Å². The highest BCUT2D eigenvalue weighted by Gasteiger charge is 2.33. The van der Waals surface area contributed by atoms with Crippen LogP contribution in [0.3, 0.4) is 0 Å². The van der Waals surface area contributed by atoms with Gasteiger partial charge >= 0.3 is 18.0 Å². The lowest BCUT2D eigenvalue weighted by Crippen LogP contribution is -2.59. The molecular formula is C13H21N3O5. The summed E-state index contributed by atoms with van der Waals surface area (Å²) in [6.45, 7) is 1.71. The number of carbonyl (C=O) groups excluding carboxylic acids is 1. The molecule has 0 saturated carbocycles. The summed E-state index contributed by atoms with van der Waals surface area (Å²) in [4.78, 5) is 38.7. The largest absolute Gasteiger partial charge is 0.480 e. The fourth-order valence-electron chi connectivity index (χ4n) is 3.05. The Labute approximate surface area is 122 Å². The molecule has 8 nitrogen and oxygen atoms in total. The van der Waals surface area contributed by atoms with E-state index in [4.69, 9.17) is 10.2 Å². The van der Waals surface area contributed by atoms with E-state index in [1.165, 1.54) is 6.42 Å². The number of urea groups is 1. The number of rotatable bonds is 4. The monoisotopic (exact) mass is 299 g/mol. The zero-order chi connectivity index (χ0) is 15.4. The Morgan fingerprint density at radius 3 is 2.29 bits per heavy atom. The molecule has 0 bridgehead atoms. The third kappa shape index (κ3) is 4.07. The van der Waals surface area contributed by atoms with Gasteiger partial charge in [-0.05, 0) is 19.4 Å². The van der Waals surface area contributed by atoms with Gasteiger partial charge in [-0.1, -0.05) is 6.42 Å². The second-order valence-corrected chi connectivity index (χ2v) is 5.56. The topological polar surface area (TPSA) is 101 Å². The maximum absolute atomic E-state index is 12.4. The van der Waals surface area contributed by atoms with Crippen molar-refractivity contribution in [2.75, 3.05) is 39.3 Å². The van der Waals surface area contributed by atoms with Crippen molar-refractivity contribution in [2.45, 2.75) is 25.3 Å². The van der Waals surface area contributed by atoms with E-state index >= 15 is 0 Å². The number of fused-ring (bicyclic) bond motifs is 1. The second-order valence-electron chi connectivity index (χ2n) is 5.56. The molecule has 0 aromatic rings. The van der Waals surface area contributed by atoms with Crippen molar-refractivity contribution in [3.63, 3.8) is 0 Å². The minimum atomic E-state index is -1.21. The molecule has 0 aromatic heterocycles. The summed E-state index contributed by atoms with van der Waals surface area (Å²) in [6, 6.07) is -0.182. The van der Waals surface area contributed by atoms with Crippen LogP contribution in [0.1, 0.15) is 19.3 Å². The van der Waals surface area contributed by atoms with Crippen molar-refractivity contribution >= 4 is 18.0 Å². The van der Waals surface area contributed by atoms with E-state index < -0.39 is 31.1 Å². The molecule has 0 aliphatic carbocycles. The number of nitrogens with zero attached hydrogens (tertiary/aromatic N) is 3. The zero-order valence-corrected chi connectivity index (χ0v) is 11.9. The van der Waals surface area contributed by atoms with Crippen LogP contribution in [0.15, 0.2) is 0 Å². The van der Waals surface area contributed by atoms with E-state index in [0.717, 1.165) is 30.8 Å². The minimum Gasteiger partial charge on any atom is -0.480 e. The number of hydrogen-bond acceptors (Lipinski definition) is 4. The quantitative estimate of drug-likeness (QED) is 0.742. The first kappa shape index (κ1) is 15.6. The molecular weight excluding hydrogens is 278 g/mol. The van der Waals surface area contributed by atoms with Gasteiger partial charge in [0, 0.05) is 25.7 Å². The Hall–Kier alpha value is -1.83. The number of amides is 2. The molecule has 1 unspecified atom stereocenters. The van der Waals surface area contributed by atoms with Crippen LogP contribution in [0, 0.1) is 0 Å². The van der Waals surface area contributed by atoms with E-state index in [9.17, 15) is 14.4 Å². The summed E-state index contributed by atoms with van der Waals surface area (Å²) in [5.41, 5.74) is 0. The summed E-state index contributed by atoms with van der Waals surface area (Å²) in [7, 11) is 0. The number of piperidine rings is 1. The van der Waals surface area contributed by atoms with Crippen molar-refractivity contribution in [3.05, 3.63) is 0 Å². The number of aliphatic carboxylic acids is 2. The van der Waals surface area contributed by atoms with Gasteiger partial charge in [0.15, 0.2) is 0 Å². The lowest BCUT2D eigenvalue weighted by molar-refractivity contribution is -0.140. The fourth-order valence-corrected chi connectivity index (χ4v) is 3.05. The lowest BCUT2D eigenvalue weighted by Gasteiger charge is -2.44. The van der Waals surface area contributed by atoms with Crippen LogP contribution < -0.4 is 0 Å². The van der Waals surface area contributed by atoms with Crippen LogP contribution in [0.2, 0.25) is 0 Å². The minimum absolute atomic E-state index is 0.313. The van der Waals surface area contributed by atoms with Gasteiger partial charge < -0.3 is 20.0 Å². The van der Waals surface area contributed by atoms with Crippen molar-refractivity contribution in [2.24, 2.45) is 0 Å². The lowest BCUT2D eigenvalue weighted by atomic mass is 10.00. The highest BCUT2D eigenvalue weighted by molar-refractivity contribution is 5.84. The molecule has 2 fully saturated rings. The van der Waals surface area contributed by atoms with E-state index in [2.05, 4.69) is 4.90 Å². The molecule has 21 heavy (non-hydrogen) atoms. The number of carboxylic acids is 2. The van der Waals surface area contributed by atoms with Gasteiger partial charge in [-0.15, -0.1) is 0 Å². The second kappa shape index (κ2) is 6.75. The van der Waals surface area contributed by atoms with Crippen LogP contribution >= 0.6 is 0 Å². The molecule has 2 aliphatic heterocycles. The van der Waals surface area contributed by atoms with Crippen LogP contribution in [-0.4, -0.2) is 88.2 Å². The molecule has 2 heterocycles. The Kier molecular flexibility index (Phi) is 5.00. The van der Waals surface area contributed by atoms with Gasteiger partial charge in [0.25, 0.3) is 0 Å². The highest BCUT2D eigenvalue weighted by Crippen LogP contribution is 2.21. The van der Waals surface area contributed by atoms with Crippen LogP contribution in [0.5, 0.6) is 0 Å². The van der Waals surface area contributed by atoms with Crippen molar-refractivity contribution in [3.8, 4) is 0 Å². The summed E-state index contributed by atoms with van der Waals surface area (Å²) >= 11 is 0. The maximum Gasteiger partial charge on any atom is 0.323 e. The van der Waals surface area contributed by atoms with Crippen LogP contribution in [0.25, 0.3) is 0 Å². The Morgan fingerprint density at radius 1 is 1.00 bits per heavy atom. The number of piperazine rings is 1. The highest BCUT2D eigenvalue weighted by atomic mass is 16.4. The predicted octanol–water partition coefficient (Wildman–Crippen LogP) is -0.252. The smallest absolute Gasteiger partial charge is 0.323 e. The molecule has 2 saturated heterocycles. The molecule has 0 aromatic carbocycles. The van der Waals surface area contributed by atoms with Gasteiger partial charge in [-0.2, -0.15) is 0 Å². The van der Waals surface area contributed by atoms with Crippen LogP contribution in [-0.2, 0) is 9.59 Å². The van der Waals surface area contributed by atoms with Gasteiger partial charge in [-0.25, -0.2) is 4.79 Å². The molecule has 2 rings (SSSR count). The molecule has 1 atom stereocenters. The van der Waals surface area contributed by atoms with E-state index in [1.807, 2.05) is 0 Å². The van der Waals surface area contributed by atoms with Gasteiger partial charge in [0.05, 0.1) is 0 Å². The summed E-state index contributed by atoms with van der Waals surface area (Å²) < 4.78 is 0. The third-order valence-electron chi connectivity index (χ3n) is 4.03. The van der Waals surface area contributed by atoms with Crippen molar-refractivity contribution in [1.29, 1.82) is 0 Å². The molecule has 8 heteroatoms. The van der Waals surface area contributed by atoms with E-state index in [0.29, 0.717) is 19.1 Å².